The van der Waals surface area contributed by atoms with Crippen LogP contribution in [0.15, 0.2) is 55.1 Å². The van der Waals surface area contributed by atoms with Crippen LogP contribution in [0, 0.1) is 5.92 Å². The molecule has 0 saturated carbocycles. The van der Waals surface area contributed by atoms with Crippen molar-refractivity contribution in [2.75, 3.05) is 23.3 Å². The summed E-state index contributed by atoms with van der Waals surface area (Å²) in [6, 6.07) is 11.0. The Bertz CT molecular complexity index is 929. The first-order valence-electron chi connectivity index (χ1n) is 8.83. The number of nitrogens with one attached hydrogen (secondary N) is 1. The number of halogens is 1. The lowest BCUT2D eigenvalue weighted by molar-refractivity contribution is -0.120. The predicted octanol–water partition coefficient (Wildman–Crippen LogP) is 3.17. The standard InChI is InChI=1S/C19H19ClN6O/c20-15-6-1-2-7-16(15)24-19(27)14-5-3-9-25(12-14)17-11-18(22-13-21-17)26-10-4-8-23-26/h1-2,4,6-8,10-11,13-14H,3,5,9,12H2,(H,24,27). The summed E-state index contributed by atoms with van der Waals surface area (Å²) in [7, 11) is 0. The first kappa shape index (κ1) is 17.5. The number of anilines is 2. The number of carbonyl (C=O) groups is 1. The van der Waals surface area contributed by atoms with Gasteiger partial charge < -0.3 is 10.2 Å². The Labute approximate surface area is 162 Å². The number of amides is 1. The molecule has 1 aliphatic rings. The van der Waals surface area contributed by atoms with Crippen molar-refractivity contribution in [2.45, 2.75) is 12.8 Å². The monoisotopic (exact) mass is 382 g/mol. The third-order valence-corrected chi connectivity index (χ3v) is 4.95. The average molecular weight is 383 g/mol. The third kappa shape index (κ3) is 3.93. The first-order valence-corrected chi connectivity index (χ1v) is 9.21. The van der Waals surface area contributed by atoms with Gasteiger partial charge in [-0.05, 0) is 31.0 Å². The molecule has 0 bridgehead atoms. The Morgan fingerprint density at radius 1 is 1.19 bits per heavy atom. The molecule has 4 rings (SSSR count). The number of benzene rings is 1. The normalized spacial score (nSPS) is 16.9. The van der Waals surface area contributed by atoms with E-state index in [0.717, 1.165) is 25.2 Å². The minimum absolute atomic E-state index is 0.0193. The van der Waals surface area contributed by atoms with Gasteiger partial charge >= 0.3 is 0 Å². The minimum atomic E-state index is -0.127. The third-order valence-electron chi connectivity index (χ3n) is 4.63. The molecule has 0 spiro atoms. The van der Waals surface area contributed by atoms with Gasteiger partial charge in [-0.15, -0.1) is 0 Å². The molecule has 138 valence electrons. The van der Waals surface area contributed by atoms with Gasteiger partial charge in [0.05, 0.1) is 16.6 Å². The number of carbonyl (C=O) groups excluding carboxylic acids is 1. The second kappa shape index (κ2) is 7.75. The zero-order chi connectivity index (χ0) is 18.6. The molecule has 7 nitrogen and oxygen atoms in total. The zero-order valence-corrected chi connectivity index (χ0v) is 15.4. The van der Waals surface area contributed by atoms with Gasteiger partial charge in [-0.3, -0.25) is 4.79 Å². The topological polar surface area (TPSA) is 75.9 Å². The van der Waals surface area contributed by atoms with Crippen molar-refractivity contribution in [3.8, 4) is 5.82 Å². The number of hydrogen-bond donors (Lipinski definition) is 1. The van der Waals surface area contributed by atoms with Crippen molar-refractivity contribution < 1.29 is 4.79 Å². The molecule has 1 fully saturated rings. The summed E-state index contributed by atoms with van der Waals surface area (Å²) in [4.78, 5) is 23.5. The number of rotatable bonds is 4. The second-order valence-corrected chi connectivity index (χ2v) is 6.85. The highest BCUT2D eigenvalue weighted by Crippen LogP contribution is 2.25. The molecule has 1 aliphatic heterocycles. The molecule has 1 N–H and O–H groups in total. The fourth-order valence-corrected chi connectivity index (χ4v) is 3.42. The highest BCUT2D eigenvalue weighted by Gasteiger charge is 2.27. The molecular weight excluding hydrogens is 364 g/mol. The van der Waals surface area contributed by atoms with Crippen molar-refractivity contribution in [1.82, 2.24) is 19.7 Å². The summed E-state index contributed by atoms with van der Waals surface area (Å²) in [5, 5.41) is 7.68. The van der Waals surface area contributed by atoms with Gasteiger partial charge in [-0.25, -0.2) is 14.6 Å². The smallest absolute Gasteiger partial charge is 0.229 e. The first-order chi connectivity index (χ1) is 13.2. The summed E-state index contributed by atoms with van der Waals surface area (Å²) in [5.41, 5.74) is 0.643. The maximum Gasteiger partial charge on any atom is 0.229 e. The minimum Gasteiger partial charge on any atom is -0.356 e. The maximum atomic E-state index is 12.7. The molecular formula is C19H19ClN6O. The van der Waals surface area contributed by atoms with Gasteiger partial charge in [0.2, 0.25) is 5.91 Å². The van der Waals surface area contributed by atoms with Gasteiger partial charge in [0.15, 0.2) is 5.82 Å². The van der Waals surface area contributed by atoms with Crippen LogP contribution in [0.5, 0.6) is 0 Å². The van der Waals surface area contributed by atoms with Crippen molar-refractivity contribution in [3.63, 3.8) is 0 Å². The number of piperidine rings is 1. The van der Waals surface area contributed by atoms with Crippen LogP contribution in [0.25, 0.3) is 5.82 Å². The Morgan fingerprint density at radius 3 is 2.85 bits per heavy atom. The maximum absolute atomic E-state index is 12.7. The van der Waals surface area contributed by atoms with E-state index in [1.807, 2.05) is 36.5 Å². The van der Waals surface area contributed by atoms with Gasteiger partial charge in [0.1, 0.15) is 12.1 Å². The summed E-state index contributed by atoms with van der Waals surface area (Å²) in [6.07, 6.45) is 6.82. The Morgan fingerprint density at radius 2 is 2.04 bits per heavy atom. The zero-order valence-electron chi connectivity index (χ0n) is 14.6. The largest absolute Gasteiger partial charge is 0.356 e. The van der Waals surface area contributed by atoms with E-state index in [2.05, 4.69) is 25.3 Å². The molecule has 0 radical (unpaired) electrons. The van der Waals surface area contributed by atoms with Crippen LogP contribution in [0.4, 0.5) is 11.5 Å². The van der Waals surface area contributed by atoms with Gasteiger partial charge in [-0.2, -0.15) is 5.10 Å². The van der Waals surface area contributed by atoms with Crippen molar-refractivity contribution >= 4 is 29.0 Å². The lowest BCUT2D eigenvalue weighted by Gasteiger charge is -2.33. The summed E-state index contributed by atoms with van der Waals surface area (Å²) in [6.45, 7) is 1.46. The second-order valence-electron chi connectivity index (χ2n) is 6.44. The molecule has 1 aromatic carbocycles. The predicted molar refractivity (Wildman–Crippen MR) is 104 cm³/mol. The van der Waals surface area contributed by atoms with E-state index < -0.39 is 0 Å². The molecule has 0 aliphatic carbocycles. The molecule has 3 aromatic rings. The quantitative estimate of drug-likeness (QED) is 0.750. The Kier molecular flexibility index (Phi) is 5.02. The van der Waals surface area contributed by atoms with E-state index in [1.165, 1.54) is 6.33 Å². The van der Waals surface area contributed by atoms with Gasteiger partial charge in [-0.1, -0.05) is 23.7 Å². The number of hydrogen-bond acceptors (Lipinski definition) is 5. The van der Waals surface area contributed by atoms with Gasteiger partial charge in [0, 0.05) is 31.5 Å². The van der Waals surface area contributed by atoms with Crippen LogP contribution in [0.1, 0.15) is 12.8 Å². The van der Waals surface area contributed by atoms with Crippen molar-refractivity contribution in [1.29, 1.82) is 0 Å². The number of para-hydroxylation sites is 1. The van der Waals surface area contributed by atoms with Crippen molar-refractivity contribution in [3.05, 3.63) is 60.1 Å². The molecule has 1 atom stereocenters. The van der Waals surface area contributed by atoms with Crippen LogP contribution < -0.4 is 10.2 Å². The molecule has 3 heterocycles. The number of nitrogens with zero attached hydrogens (tertiary/aromatic N) is 5. The van der Waals surface area contributed by atoms with Crippen LogP contribution in [-0.4, -0.2) is 38.7 Å². The van der Waals surface area contributed by atoms with Crippen LogP contribution in [-0.2, 0) is 4.79 Å². The molecule has 1 unspecified atom stereocenters. The molecule has 1 amide bonds. The van der Waals surface area contributed by atoms with E-state index in [4.69, 9.17) is 11.6 Å². The lowest BCUT2D eigenvalue weighted by Crippen LogP contribution is -2.41. The highest BCUT2D eigenvalue weighted by molar-refractivity contribution is 6.33. The molecule has 27 heavy (non-hydrogen) atoms. The van der Waals surface area contributed by atoms with Crippen LogP contribution >= 0.6 is 11.6 Å². The average Bonchev–Trinajstić information content (AvgIpc) is 3.25. The molecule has 1 saturated heterocycles. The van der Waals surface area contributed by atoms with E-state index >= 15 is 0 Å². The summed E-state index contributed by atoms with van der Waals surface area (Å²) in [5.74, 6) is 1.35. The fourth-order valence-electron chi connectivity index (χ4n) is 3.24. The van der Waals surface area contributed by atoms with Crippen LogP contribution in [0.3, 0.4) is 0 Å². The fraction of sp³-hybridized carbons (Fsp3) is 0.263. The SMILES string of the molecule is O=C(Nc1ccccc1Cl)C1CCCN(c2cc(-n3cccn3)ncn2)C1. The molecule has 2 aromatic heterocycles. The van der Waals surface area contributed by atoms with E-state index in [-0.39, 0.29) is 11.8 Å². The van der Waals surface area contributed by atoms with E-state index in [1.54, 1.807) is 16.9 Å². The Hall–Kier alpha value is -2.93. The van der Waals surface area contributed by atoms with Gasteiger partial charge in [0.25, 0.3) is 0 Å². The van der Waals surface area contributed by atoms with Crippen molar-refractivity contribution in [2.24, 2.45) is 5.92 Å². The molecule has 8 heteroatoms. The summed E-state index contributed by atoms with van der Waals surface area (Å²) < 4.78 is 1.69. The highest BCUT2D eigenvalue weighted by atomic mass is 35.5. The Balaban J connectivity index is 1.47. The van der Waals surface area contributed by atoms with Crippen LogP contribution in [0.2, 0.25) is 5.02 Å². The summed E-state index contributed by atoms with van der Waals surface area (Å²) >= 11 is 6.15. The van der Waals surface area contributed by atoms with E-state index in [9.17, 15) is 4.79 Å². The lowest BCUT2D eigenvalue weighted by atomic mass is 9.97. The van der Waals surface area contributed by atoms with E-state index in [0.29, 0.717) is 23.1 Å². The number of aromatic nitrogens is 4.